The molecule has 1 aliphatic rings. The van der Waals surface area contributed by atoms with Gasteiger partial charge in [0, 0.05) is 10.5 Å². The molecule has 1 aliphatic carbocycles. The minimum Gasteiger partial charge on any atom is -0.496 e. The van der Waals surface area contributed by atoms with Crippen LogP contribution in [0.15, 0.2) is 22.7 Å². The maximum atomic E-state index is 5.37. The Morgan fingerprint density at radius 3 is 2.88 bits per heavy atom. The molecule has 1 N–H and O–H groups in total. The number of hydrogen-bond donors (Lipinski definition) is 1. The third kappa shape index (κ3) is 4.32. The van der Waals surface area contributed by atoms with E-state index in [1.54, 1.807) is 7.11 Å². The fraction of sp³-hybridized carbons (Fsp3) is 0.571. The van der Waals surface area contributed by atoms with E-state index in [4.69, 9.17) is 4.74 Å². The summed E-state index contributed by atoms with van der Waals surface area (Å²) in [5.74, 6) is 1.00. The van der Waals surface area contributed by atoms with Crippen LogP contribution in [0.1, 0.15) is 31.2 Å². The first-order valence-electron chi connectivity index (χ1n) is 6.35. The topological polar surface area (TPSA) is 21.3 Å². The molecule has 0 heterocycles. The highest BCUT2D eigenvalue weighted by molar-refractivity contribution is 9.10. The van der Waals surface area contributed by atoms with Gasteiger partial charge in [0.15, 0.2) is 0 Å². The maximum absolute atomic E-state index is 5.37. The minimum absolute atomic E-state index is 0.829. The summed E-state index contributed by atoms with van der Waals surface area (Å²) < 4.78 is 6.50. The monoisotopic (exact) mass is 297 g/mol. The van der Waals surface area contributed by atoms with Crippen LogP contribution in [0.5, 0.6) is 5.75 Å². The van der Waals surface area contributed by atoms with Gasteiger partial charge in [0.1, 0.15) is 5.75 Å². The number of aryl methyl sites for hydroxylation is 1. The van der Waals surface area contributed by atoms with Gasteiger partial charge in [0.05, 0.1) is 7.11 Å². The minimum atomic E-state index is 0.829. The predicted molar refractivity (Wildman–Crippen MR) is 74.7 cm³/mol. The van der Waals surface area contributed by atoms with E-state index >= 15 is 0 Å². The second kappa shape index (κ2) is 6.41. The SMILES string of the molecule is COc1ccc(Br)cc1CCCCNC1CC1. The predicted octanol–water partition coefficient (Wildman–Crippen LogP) is 3.53. The Hall–Kier alpha value is -0.540. The molecule has 0 spiro atoms. The van der Waals surface area contributed by atoms with E-state index < -0.39 is 0 Å². The summed E-state index contributed by atoms with van der Waals surface area (Å²) in [7, 11) is 1.74. The average molecular weight is 298 g/mol. The molecule has 1 aromatic carbocycles. The van der Waals surface area contributed by atoms with Crippen molar-refractivity contribution in [2.75, 3.05) is 13.7 Å². The molecule has 0 aliphatic heterocycles. The van der Waals surface area contributed by atoms with Gasteiger partial charge in [-0.15, -0.1) is 0 Å². The highest BCUT2D eigenvalue weighted by Gasteiger charge is 2.19. The van der Waals surface area contributed by atoms with Gasteiger partial charge in [0.25, 0.3) is 0 Å². The first-order chi connectivity index (χ1) is 8.29. The molecule has 0 radical (unpaired) electrons. The molecule has 1 fully saturated rings. The molecule has 0 atom stereocenters. The van der Waals surface area contributed by atoms with E-state index in [9.17, 15) is 0 Å². The van der Waals surface area contributed by atoms with Crippen LogP contribution in [0.4, 0.5) is 0 Å². The molecular formula is C14H20BrNO. The van der Waals surface area contributed by atoms with Crippen molar-refractivity contribution in [3.05, 3.63) is 28.2 Å². The lowest BCUT2D eigenvalue weighted by Gasteiger charge is -2.09. The molecule has 0 saturated heterocycles. The summed E-state index contributed by atoms with van der Waals surface area (Å²) in [6.07, 6.45) is 6.30. The van der Waals surface area contributed by atoms with Gasteiger partial charge in [-0.25, -0.2) is 0 Å². The zero-order valence-corrected chi connectivity index (χ0v) is 11.9. The molecule has 3 heteroatoms. The molecular weight excluding hydrogens is 278 g/mol. The Bertz CT molecular complexity index is 363. The molecule has 94 valence electrons. The summed E-state index contributed by atoms with van der Waals surface area (Å²) in [5, 5.41) is 3.54. The lowest BCUT2D eigenvalue weighted by molar-refractivity contribution is 0.408. The zero-order chi connectivity index (χ0) is 12.1. The smallest absolute Gasteiger partial charge is 0.122 e. The molecule has 2 nitrogen and oxygen atoms in total. The Kier molecular flexibility index (Phi) is 4.86. The fourth-order valence-corrected chi connectivity index (χ4v) is 2.39. The summed E-state index contributed by atoms with van der Waals surface area (Å²) in [6.45, 7) is 1.15. The van der Waals surface area contributed by atoms with Crippen LogP contribution in [-0.2, 0) is 6.42 Å². The van der Waals surface area contributed by atoms with Gasteiger partial charge in [-0.2, -0.15) is 0 Å². The van der Waals surface area contributed by atoms with E-state index in [0.29, 0.717) is 0 Å². The molecule has 17 heavy (non-hydrogen) atoms. The van der Waals surface area contributed by atoms with Gasteiger partial charge < -0.3 is 10.1 Å². The van der Waals surface area contributed by atoms with Crippen LogP contribution in [0.2, 0.25) is 0 Å². The maximum Gasteiger partial charge on any atom is 0.122 e. The van der Waals surface area contributed by atoms with Crippen molar-refractivity contribution in [3.63, 3.8) is 0 Å². The number of unbranched alkanes of at least 4 members (excludes halogenated alkanes) is 1. The van der Waals surface area contributed by atoms with Gasteiger partial charge in [-0.3, -0.25) is 0 Å². The van der Waals surface area contributed by atoms with E-state index in [2.05, 4.69) is 27.3 Å². The lowest BCUT2D eigenvalue weighted by atomic mass is 10.1. The third-order valence-electron chi connectivity index (χ3n) is 3.13. The van der Waals surface area contributed by atoms with Crippen molar-refractivity contribution in [1.82, 2.24) is 5.32 Å². The highest BCUT2D eigenvalue weighted by Crippen LogP contribution is 2.24. The zero-order valence-electron chi connectivity index (χ0n) is 10.3. The fourth-order valence-electron chi connectivity index (χ4n) is 1.98. The second-order valence-corrected chi connectivity index (χ2v) is 5.56. The van der Waals surface area contributed by atoms with Crippen molar-refractivity contribution in [1.29, 1.82) is 0 Å². The number of halogens is 1. The van der Waals surface area contributed by atoms with Gasteiger partial charge in [-0.05, 0) is 62.4 Å². The number of hydrogen-bond acceptors (Lipinski definition) is 2. The molecule has 0 amide bonds. The summed E-state index contributed by atoms with van der Waals surface area (Å²) in [4.78, 5) is 0. The standard InChI is InChI=1S/C14H20BrNO/c1-17-14-8-5-12(15)10-11(14)4-2-3-9-16-13-6-7-13/h5,8,10,13,16H,2-4,6-7,9H2,1H3. The molecule has 0 aromatic heterocycles. The summed E-state index contributed by atoms with van der Waals surface area (Å²) in [6, 6.07) is 7.04. The van der Waals surface area contributed by atoms with E-state index in [1.165, 1.54) is 31.2 Å². The van der Waals surface area contributed by atoms with Crippen molar-refractivity contribution in [2.24, 2.45) is 0 Å². The number of ether oxygens (including phenoxy) is 1. The second-order valence-electron chi connectivity index (χ2n) is 4.64. The van der Waals surface area contributed by atoms with E-state index in [0.717, 1.165) is 29.2 Å². The molecule has 0 unspecified atom stereocenters. The Labute approximate surface area is 112 Å². The summed E-state index contributed by atoms with van der Waals surface area (Å²) in [5.41, 5.74) is 1.30. The van der Waals surface area contributed by atoms with Gasteiger partial charge in [0.2, 0.25) is 0 Å². The normalized spacial score (nSPS) is 14.9. The van der Waals surface area contributed by atoms with Crippen LogP contribution in [0.3, 0.4) is 0 Å². The Morgan fingerprint density at radius 2 is 2.18 bits per heavy atom. The van der Waals surface area contributed by atoms with E-state index in [-0.39, 0.29) is 0 Å². The quantitative estimate of drug-likeness (QED) is 0.778. The van der Waals surface area contributed by atoms with Crippen LogP contribution < -0.4 is 10.1 Å². The molecule has 2 rings (SSSR count). The van der Waals surface area contributed by atoms with Crippen molar-refractivity contribution < 1.29 is 4.74 Å². The van der Waals surface area contributed by atoms with Crippen LogP contribution in [-0.4, -0.2) is 19.7 Å². The molecule has 1 aromatic rings. The number of benzene rings is 1. The Balaban J connectivity index is 1.74. The van der Waals surface area contributed by atoms with Gasteiger partial charge in [-0.1, -0.05) is 15.9 Å². The van der Waals surface area contributed by atoms with Crippen LogP contribution >= 0.6 is 15.9 Å². The largest absolute Gasteiger partial charge is 0.496 e. The molecule has 1 saturated carbocycles. The van der Waals surface area contributed by atoms with Gasteiger partial charge >= 0.3 is 0 Å². The average Bonchev–Trinajstić information content (AvgIpc) is 3.13. The van der Waals surface area contributed by atoms with Crippen LogP contribution in [0.25, 0.3) is 0 Å². The number of nitrogens with one attached hydrogen (secondary N) is 1. The third-order valence-corrected chi connectivity index (χ3v) is 3.62. The number of rotatable bonds is 7. The van der Waals surface area contributed by atoms with Crippen molar-refractivity contribution in [2.45, 2.75) is 38.1 Å². The van der Waals surface area contributed by atoms with Crippen molar-refractivity contribution in [3.8, 4) is 5.75 Å². The first-order valence-corrected chi connectivity index (χ1v) is 7.14. The Morgan fingerprint density at radius 1 is 1.35 bits per heavy atom. The molecule has 0 bridgehead atoms. The van der Waals surface area contributed by atoms with Crippen LogP contribution in [0, 0.1) is 0 Å². The summed E-state index contributed by atoms with van der Waals surface area (Å²) >= 11 is 3.51. The van der Waals surface area contributed by atoms with Crippen molar-refractivity contribution >= 4 is 15.9 Å². The number of methoxy groups -OCH3 is 1. The first kappa shape index (κ1) is 12.9. The lowest BCUT2D eigenvalue weighted by Crippen LogP contribution is -2.17. The highest BCUT2D eigenvalue weighted by atomic mass is 79.9. The van der Waals surface area contributed by atoms with E-state index in [1.807, 2.05) is 12.1 Å².